The van der Waals surface area contributed by atoms with E-state index in [1.54, 1.807) is 12.1 Å². The van der Waals surface area contributed by atoms with Crippen LogP contribution in [0.3, 0.4) is 0 Å². The summed E-state index contributed by atoms with van der Waals surface area (Å²) < 4.78 is 0.586. The summed E-state index contributed by atoms with van der Waals surface area (Å²) in [5.74, 6) is -0.0877. The van der Waals surface area contributed by atoms with E-state index in [0.29, 0.717) is 3.58 Å². The summed E-state index contributed by atoms with van der Waals surface area (Å²) in [6.45, 7) is 4.65. The molecule has 1 unspecified atom stereocenters. The largest absolute Gasteiger partial charge is 0.348 e. The van der Waals surface area contributed by atoms with Gasteiger partial charge in [0.15, 0.2) is 0 Å². The number of hydrogen-bond acceptors (Lipinski definition) is 4. The quantitative estimate of drug-likeness (QED) is 0.178. The predicted octanol–water partition coefficient (Wildman–Crippen LogP) is 5.10. The molecule has 6 nitrogen and oxygen atoms in total. The summed E-state index contributed by atoms with van der Waals surface area (Å²) in [4.78, 5) is 25.6. The molecule has 0 aromatic heterocycles. The number of rotatable bonds is 7. The van der Waals surface area contributed by atoms with Gasteiger partial charge < -0.3 is 5.32 Å². The van der Waals surface area contributed by atoms with Gasteiger partial charge >= 0.3 is 0 Å². The molecule has 1 amide bonds. The molecule has 1 saturated heterocycles. The topological polar surface area (TPSA) is 75.5 Å². The number of nitrogens with zero attached hydrogens (tertiary/aromatic N) is 2. The molecule has 1 aliphatic heterocycles. The number of benzene rings is 2. The lowest BCUT2D eigenvalue weighted by atomic mass is 10.0. The first-order valence-electron chi connectivity index (χ1n) is 10.3. The van der Waals surface area contributed by atoms with E-state index in [9.17, 15) is 14.9 Å². The van der Waals surface area contributed by atoms with Crippen LogP contribution in [0.4, 0.5) is 5.69 Å². The number of amides is 1. The number of carbonyl (C=O) groups excluding carboxylic acids is 1. The first kappa shape index (κ1) is 23.1. The Hall–Kier alpha value is -2.52. The fourth-order valence-corrected chi connectivity index (χ4v) is 3.98. The van der Waals surface area contributed by atoms with E-state index in [1.807, 2.05) is 47.7 Å². The fraction of sp³-hybridized carbons (Fsp3) is 0.292. The van der Waals surface area contributed by atoms with Crippen LogP contribution in [0.1, 0.15) is 30.9 Å². The van der Waals surface area contributed by atoms with E-state index < -0.39 is 4.92 Å². The van der Waals surface area contributed by atoms with E-state index in [-0.39, 0.29) is 17.6 Å². The van der Waals surface area contributed by atoms with Crippen LogP contribution in [0.25, 0.3) is 5.57 Å². The minimum atomic E-state index is -0.408. The van der Waals surface area contributed by atoms with Crippen molar-refractivity contribution in [2.45, 2.75) is 32.4 Å². The van der Waals surface area contributed by atoms with Gasteiger partial charge in [-0.1, -0.05) is 48.5 Å². The molecule has 1 atom stereocenters. The zero-order valence-corrected chi connectivity index (χ0v) is 19.6. The maximum atomic E-state index is 12.6. The first-order valence-corrected chi connectivity index (χ1v) is 11.4. The highest BCUT2D eigenvalue weighted by Gasteiger charge is 2.22. The van der Waals surface area contributed by atoms with Crippen LogP contribution in [0, 0.1) is 10.1 Å². The highest BCUT2D eigenvalue weighted by Crippen LogP contribution is 2.21. The Kier molecular flexibility index (Phi) is 8.36. The summed E-state index contributed by atoms with van der Waals surface area (Å²) in [6.07, 6.45) is 5.62. The lowest BCUT2D eigenvalue weighted by molar-refractivity contribution is -0.384. The van der Waals surface area contributed by atoms with Gasteiger partial charge in [-0.05, 0) is 71.7 Å². The normalized spacial score (nSPS) is 17.9. The second-order valence-electron chi connectivity index (χ2n) is 7.71. The molecule has 0 radical (unpaired) electrons. The number of nitro groups is 1. The van der Waals surface area contributed by atoms with Gasteiger partial charge in [0.2, 0.25) is 0 Å². The number of halogens is 1. The second-order valence-corrected chi connectivity index (χ2v) is 8.87. The Bertz CT molecular complexity index is 989. The number of nitro benzene ring substituents is 1. The number of piperidine rings is 1. The van der Waals surface area contributed by atoms with Gasteiger partial charge in [0, 0.05) is 31.3 Å². The first-order chi connectivity index (χ1) is 14.9. The minimum Gasteiger partial charge on any atom is -0.348 e. The average molecular weight is 531 g/mol. The van der Waals surface area contributed by atoms with Gasteiger partial charge in [-0.3, -0.25) is 19.8 Å². The van der Waals surface area contributed by atoms with Crippen LogP contribution in [0.5, 0.6) is 0 Å². The number of allylic oxidation sites excluding steroid dienone is 3. The van der Waals surface area contributed by atoms with E-state index >= 15 is 0 Å². The molecule has 2 aromatic rings. The van der Waals surface area contributed by atoms with E-state index in [1.165, 1.54) is 17.7 Å². The van der Waals surface area contributed by atoms with Crippen molar-refractivity contribution in [2.24, 2.45) is 0 Å². The zero-order valence-electron chi connectivity index (χ0n) is 17.5. The zero-order chi connectivity index (χ0) is 22.2. The molecule has 162 valence electrons. The molecule has 1 heterocycles. The van der Waals surface area contributed by atoms with Crippen LogP contribution in [0.2, 0.25) is 0 Å². The third-order valence-electron chi connectivity index (χ3n) is 5.30. The van der Waals surface area contributed by atoms with Gasteiger partial charge in [0.25, 0.3) is 11.6 Å². The summed E-state index contributed by atoms with van der Waals surface area (Å²) in [5.41, 5.74) is 2.96. The van der Waals surface area contributed by atoms with Gasteiger partial charge in [-0.25, -0.2) is 0 Å². The SMILES string of the molecule is C/C(=C\C=C(/I)C(=O)NC1CCCN(Cc2ccccc2)C1)c1cccc([N+](=O)[O-])c1. The van der Waals surface area contributed by atoms with E-state index in [0.717, 1.165) is 43.6 Å². The summed E-state index contributed by atoms with van der Waals surface area (Å²) in [7, 11) is 0. The fourth-order valence-electron chi connectivity index (χ4n) is 3.65. The highest BCUT2D eigenvalue weighted by molar-refractivity contribution is 14.1. The molecular formula is C24H26IN3O3. The lowest BCUT2D eigenvalue weighted by Gasteiger charge is -2.33. The molecule has 0 saturated carbocycles. The molecule has 31 heavy (non-hydrogen) atoms. The Morgan fingerprint density at radius 1 is 1.23 bits per heavy atom. The van der Waals surface area contributed by atoms with Crippen molar-refractivity contribution >= 4 is 39.8 Å². The van der Waals surface area contributed by atoms with Crippen molar-refractivity contribution in [2.75, 3.05) is 13.1 Å². The standard InChI is InChI=1S/C24H26IN3O3/c1-18(20-9-5-11-22(15-20)28(30)31)12-13-23(25)24(29)26-21-10-6-14-27(17-21)16-19-7-3-2-4-8-19/h2-5,7-9,11-13,15,21H,6,10,14,16-17H2,1H3,(H,26,29)/b18-12+,23-13-. The van der Waals surface area contributed by atoms with Crippen molar-refractivity contribution in [1.29, 1.82) is 0 Å². The molecule has 1 fully saturated rings. The molecule has 7 heteroatoms. The Morgan fingerprint density at radius 3 is 2.74 bits per heavy atom. The van der Waals surface area contributed by atoms with Crippen molar-refractivity contribution in [3.05, 3.63) is 91.6 Å². The van der Waals surface area contributed by atoms with Crippen LogP contribution in [-0.4, -0.2) is 34.9 Å². The molecule has 0 spiro atoms. The van der Waals surface area contributed by atoms with Crippen molar-refractivity contribution < 1.29 is 9.72 Å². The van der Waals surface area contributed by atoms with Gasteiger partial charge in [-0.2, -0.15) is 0 Å². The molecule has 2 aromatic carbocycles. The van der Waals surface area contributed by atoms with E-state index in [4.69, 9.17) is 0 Å². The number of likely N-dealkylation sites (tertiary alicyclic amines) is 1. The summed E-state index contributed by atoms with van der Waals surface area (Å²) in [5, 5.41) is 14.1. The monoisotopic (exact) mass is 531 g/mol. The van der Waals surface area contributed by atoms with Crippen LogP contribution >= 0.6 is 22.6 Å². The summed E-state index contributed by atoms with van der Waals surface area (Å²) >= 11 is 2.04. The van der Waals surface area contributed by atoms with Gasteiger partial charge in [0.1, 0.15) is 0 Å². The number of carbonyl (C=O) groups is 1. The molecule has 0 aliphatic carbocycles. The van der Waals surface area contributed by atoms with E-state index in [2.05, 4.69) is 34.5 Å². The average Bonchev–Trinajstić information content (AvgIpc) is 2.78. The van der Waals surface area contributed by atoms with Crippen molar-refractivity contribution in [3.63, 3.8) is 0 Å². The molecular weight excluding hydrogens is 505 g/mol. The molecule has 1 aliphatic rings. The third kappa shape index (κ3) is 7.00. The van der Waals surface area contributed by atoms with Crippen LogP contribution in [0.15, 0.2) is 70.3 Å². The number of hydrogen-bond donors (Lipinski definition) is 1. The maximum Gasteiger partial charge on any atom is 0.270 e. The Balaban J connectivity index is 1.58. The minimum absolute atomic E-state index is 0.0547. The maximum absolute atomic E-state index is 12.6. The number of nitrogens with one attached hydrogen (secondary N) is 1. The lowest BCUT2D eigenvalue weighted by Crippen LogP contribution is -2.47. The number of non-ortho nitro benzene ring substituents is 1. The molecule has 3 rings (SSSR count). The van der Waals surface area contributed by atoms with Gasteiger partial charge in [0.05, 0.1) is 8.50 Å². The Morgan fingerprint density at radius 2 is 2.00 bits per heavy atom. The predicted molar refractivity (Wildman–Crippen MR) is 132 cm³/mol. The molecule has 0 bridgehead atoms. The smallest absolute Gasteiger partial charge is 0.270 e. The van der Waals surface area contributed by atoms with Crippen LogP contribution < -0.4 is 5.32 Å². The second kappa shape index (κ2) is 11.2. The summed E-state index contributed by atoms with van der Waals surface area (Å²) in [6, 6.07) is 17.0. The highest BCUT2D eigenvalue weighted by atomic mass is 127. The molecule has 1 N–H and O–H groups in total. The third-order valence-corrected chi connectivity index (χ3v) is 6.15. The van der Waals surface area contributed by atoms with Crippen LogP contribution in [-0.2, 0) is 11.3 Å². The van der Waals surface area contributed by atoms with Crippen molar-refractivity contribution in [1.82, 2.24) is 10.2 Å². The van der Waals surface area contributed by atoms with Gasteiger partial charge in [-0.15, -0.1) is 0 Å². The Labute approximate surface area is 196 Å². The van der Waals surface area contributed by atoms with Crippen molar-refractivity contribution in [3.8, 4) is 0 Å².